The molecular formula is C5H7ClNOS+. The Balaban J connectivity index is 2.84. The predicted molar refractivity (Wildman–Crippen MR) is 38.6 cm³/mol. The number of carbonyl (C=O) groups is 1. The van der Waals surface area contributed by atoms with Gasteiger partial charge in [-0.05, 0) is 0 Å². The lowest BCUT2D eigenvalue weighted by Crippen LogP contribution is -2.33. The second-order valence-electron chi connectivity index (χ2n) is 2.23. The van der Waals surface area contributed by atoms with Gasteiger partial charge in [-0.3, -0.25) is 0 Å². The Bertz CT molecular complexity index is 187. The van der Waals surface area contributed by atoms with Crippen molar-refractivity contribution in [3.05, 3.63) is 10.4 Å². The largest absolute Gasteiger partial charge is 0.352 e. The zero-order valence-corrected chi connectivity index (χ0v) is 6.79. The van der Waals surface area contributed by atoms with E-state index in [2.05, 4.69) is 0 Å². The smallest absolute Gasteiger partial charge is 0.225 e. The first-order valence-electron chi connectivity index (χ1n) is 2.48. The third-order valence-electron chi connectivity index (χ3n) is 1.08. The highest BCUT2D eigenvalue weighted by molar-refractivity contribution is 8.00. The molecule has 0 aromatic rings. The van der Waals surface area contributed by atoms with Crippen molar-refractivity contribution in [2.75, 3.05) is 14.1 Å². The molecule has 0 spiro atoms. The quantitative estimate of drug-likeness (QED) is 0.397. The molecule has 50 valence electrons. The van der Waals surface area contributed by atoms with Gasteiger partial charge in [0.05, 0.1) is 20.2 Å². The van der Waals surface area contributed by atoms with Gasteiger partial charge in [0.25, 0.3) is 0 Å². The molecule has 0 aromatic heterocycles. The molecule has 1 heterocycles. The van der Waals surface area contributed by atoms with Crippen LogP contribution in [0.25, 0.3) is 0 Å². The molecule has 0 aliphatic carbocycles. The van der Waals surface area contributed by atoms with Gasteiger partial charge in [0, 0.05) is 0 Å². The normalized spacial score (nSPS) is 24.3. The van der Waals surface area contributed by atoms with Crippen LogP contribution in [0.3, 0.4) is 0 Å². The van der Waals surface area contributed by atoms with Gasteiger partial charge in [-0.15, -0.1) is 0 Å². The Morgan fingerprint density at radius 1 is 1.67 bits per heavy atom. The standard InChI is InChI=1S/C5H7ClNOS/c1-7(2)5(8)3-4(6)9-7/h3H,1-2H3/q+1. The number of rotatable bonds is 0. The van der Waals surface area contributed by atoms with Crippen LogP contribution in [0.4, 0.5) is 0 Å². The van der Waals surface area contributed by atoms with Crippen molar-refractivity contribution in [1.82, 2.24) is 0 Å². The number of hydrogen-bond donors (Lipinski definition) is 0. The average molecular weight is 165 g/mol. The zero-order valence-electron chi connectivity index (χ0n) is 5.22. The van der Waals surface area contributed by atoms with E-state index in [0.717, 1.165) is 0 Å². The van der Waals surface area contributed by atoms with E-state index in [4.69, 9.17) is 11.6 Å². The van der Waals surface area contributed by atoms with Gasteiger partial charge in [-0.25, -0.2) is 4.79 Å². The first-order chi connectivity index (χ1) is 4.02. The highest BCUT2D eigenvalue weighted by atomic mass is 35.5. The summed E-state index contributed by atoms with van der Waals surface area (Å²) in [5, 5.41) is 0. The van der Waals surface area contributed by atoms with Crippen LogP contribution in [0.2, 0.25) is 0 Å². The first-order valence-corrected chi connectivity index (χ1v) is 3.63. The number of carbonyl (C=O) groups excluding carboxylic acids is 1. The summed E-state index contributed by atoms with van der Waals surface area (Å²) < 4.78 is 0.851. The second-order valence-corrected chi connectivity index (χ2v) is 4.40. The molecule has 2 nitrogen and oxygen atoms in total. The highest BCUT2D eigenvalue weighted by Gasteiger charge is 2.34. The molecule has 0 atom stereocenters. The van der Waals surface area contributed by atoms with E-state index < -0.39 is 0 Å². The minimum absolute atomic E-state index is 0.0463. The second kappa shape index (κ2) is 2.01. The predicted octanol–water partition coefficient (Wildman–Crippen LogP) is 1.33. The van der Waals surface area contributed by atoms with Crippen molar-refractivity contribution >= 4 is 29.5 Å². The molecule has 1 rings (SSSR count). The molecule has 0 aromatic carbocycles. The molecule has 0 saturated heterocycles. The molecule has 0 fully saturated rings. The molecule has 0 N–H and O–H groups in total. The van der Waals surface area contributed by atoms with E-state index in [0.29, 0.717) is 4.36 Å². The van der Waals surface area contributed by atoms with Crippen LogP contribution in [-0.4, -0.2) is 23.9 Å². The van der Waals surface area contributed by atoms with E-state index in [1.807, 2.05) is 0 Å². The van der Waals surface area contributed by atoms with Crippen LogP contribution in [0, 0.1) is 0 Å². The maximum atomic E-state index is 10.9. The first kappa shape index (κ1) is 7.12. The third kappa shape index (κ3) is 1.28. The van der Waals surface area contributed by atoms with Crippen molar-refractivity contribution in [1.29, 1.82) is 0 Å². The van der Waals surface area contributed by atoms with Gasteiger partial charge in [0.1, 0.15) is 16.3 Å². The molecule has 4 heteroatoms. The number of nitrogens with zero attached hydrogens (tertiary/aromatic N) is 1. The topological polar surface area (TPSA) is 17.1 Å². The van der Waals surface area contributed by atoms with E-state index in [-0.39, 0.29) is 9.80 Å². The molecule has 1 amide bonds. The van der Waals surface area contributed by atoms with Crippen molar-refractivity contribution in [2.45, 2.75) is 0 Å². The van der Waals surface area contributed by atoms with Gasteiger partial charge >= 0.3 is 5.91 Å². The minimum Gasteiger partial charge on any atom is -0.225 e. The molecule has 0 radical (unpaired) electrons. The van der Waals surface area contributed by atoms with E-state index in [9.17, 15) is 4.79 Å². The summed E-state index contributed by atoms with van der Waals surface area (Å²) in [6.45, 7) is 0. The third-order valence-corrected chi connectivity index (χ3v) is 2.33. The lowest BCUT2D eigenvalue weighted by Gasteiger charge is -2.15. The fourth-order valence-corrected chi connectivity index (χ4v) is 1.89. The minimum atomic E-state index is 0.0463. The van der Waals surface area contributed by atoms with Crippen LogP contribution < -0.4 is 0 Å². The lowest BCUT2D eigenvalue weighted by molar-refractivity contribution is -0.662. The summed E-state index contributed by atoms with van der Waals surface area (Å²) in [7, 11) is 3.61. The Labute approximate surface area is 63.2 Å². The molecule has 1 aliphatic rings. The summed E-state index contributed by atoms with van der Waals surface area (Å²) in [5.41, 5.74) is 0. The maximum absolute atomic E-state index is 10.9. The fourth-order valence-electron chi connectivity index (χ4n) is 0.542. The monoisotopic (exact) mass is 164 g/mol. The van der Waals surface area contributed by atoms with Gasteiger partial charge in [-0.2, -0.15) is 3.89 Å². The summed E-state index contributed by atoms with van der Waals surface area (Å²) in [4.78, 5) is 10.9. The molecule has 0 saturated carbocycles. The van der Waals surface area contributed by atoms with Gasteiger partial charge in [0.2, 0.25) is 0 Å². The van der Waals surface area contributed by atoms with Crippen LogP contribution in [0.5, 0.6) is 0 Å². The Kier molecular flexibility index (Phi) is 1.59. The maximum Gasteiger partial charge on any atom is 0.352 e. The van der Waals surface area contributed by atoms with E-state index >= 15 is 0 Å². The highest BCUT2D eigenvalue weighted by Crippen LogP contribution is 2.35. The number of amides is 1. The summed E-state index contributed by atoms with van der Waals surface area (Å²) >= 11 is 6.92. The average Bonchev–Trinajstić information content (AvgIpc) is 1.79. The lowest BCUT2D eigenvalue weighted by atomic mass is 10.5. The van der Waals surface area contributed by atoms with Gasteiger partial charge in [0.15, 0.2) is 0 Å². The van der Waals surface area contributed by atoms with Crippen molar-refractivity contribution in [3.63, 3.8) is 0 Å². The van der Waals surface area contributed by atoms with Crippen LogP contribution >= 0.6 is 23.5 Å². The summed E-state index contributed by atoms with van der Waals surface area (Å²) in [6, 6.07) is 0. The Hall–Kier alpha value is 0.01000. The van der Waals surface area contributed by atoms with Crippen molar-refractivity contribution in [3.8, 4) is 0 Å². The van der Waals surface area contributed by atoms with Gasteiger partial charge < -0.3 is 0 Å². The molecule has 0 bridgehead atoms. The van der Waals surface area contributed by atoms with Crippen molar-refractivity contribution < 1.29 is 8.68 Å². The number of halogens is 1. The summed E-state index contributed by atoms with van der Waals surface area (Å²) in [6.07, 6.45) is 1.45. The molecular weight excluding hydrogens is 158 g/mol. The number of quaternary nitrogens is 1. The van der Waals surface area contributed by atoms with E-state index in [1.165, 1.54) is 18.0 Å². The Morgan fingerprint density at radius 3 is 2.33 bits per heavy atom. The van der Waals surface area contributed by atoms with Crippen LogP contribution in [0.1, 0.15) is 0 Å². The molecule has 9 heavy (non-hydrogen) atoms. The number of hydrogen-bond acceptors (Lipinski definition) is 2. The fraction of sp³-hybridized carbons (Fsp3) is 0.400. The molecule has 0 unspecified atom stereocenters. The number of likely N-dealkylation sites (N-methyl/N-ethyl adjacent to an activating group) is 1. The van der Waals surface area contributed by atoms with Crippen molar-refractivity contribution in [2.24, 2.45) is 0 Å². The summed E-state index contributed by atoms with van der Waals surface area (Å²) in [5.74, 6) is 0.0463. The van der Waals surface area contributed by atoms with Crippen LogP contribution in [-0.2, 0) is 4.79 Å². The van der Waals surface area contributed by atoms with Crippen LogP contribution in [0.15, 0.2) is 10.4 Å². The zero-order chi connectivity index (χ0) is 7.07. The van der Waals surface area contributed by atoms with E-state index in [1.54, 1.807) is 14.1 Å². The SMILES string of the molecule is C[N+]1(C)SC(Cl)=CC1=O. The Morgan fingerprint density at radius 2 is 2.22 bits per heavy atom. The van der Waals surface area contributed by atoms with Gasteiger partial charge in [-0.1, -0.05) is 11.6 Å². The molecule has 1 aliphatic heterocycles.